The van der Waals surface area contributed by atoms with Crippen molar-refractivity contribution in [1.82, 2.24) is 15.3 Å². The Morgan fingerprint density at radius 3 is 2.74 bits per heavy atom. The highest BCUT2D eigenvalue weighted by Crippen LogP contribution is 2.28. The van der Waals surface area contributed by atoms with Crippen molar-refractivity contribution >= 4 is 39.9 Å². The summed E-state index contributed by atoms with van der Waals surface area (Å²) in [6, 6.07) is 16.1. The average Bonchev–Trinajstić information content (AvgIpc) is 3.11. The van der Waals surface area contributed by atoms with E-state index in [2.05, 4.69) is 48.2 Å². The van der Waals surface area contributed by atoms with Gasteiger partial charge < -0.3 is 15.2 Å². The predicted molar refractivity (Wildman–Crippen MR) is 112 cm³/mol. The molecule has 1 aliphatic rings. The van der Waals surface area contributed by atoms with E-state index in [0.29, 0.717) is 12.1 Å². The second kappa shape index (κ2) is 8.59. The number of fused-ring (bicyclic) bond motifs is 1. The van der Waals surface area contributed by atoms with Gasteiger partial charge in [0.25, 0.3) is 5.91 Å². The Morgan fingerprint density at radius 1 is 1.19 bits per heavy atom. The lowest BCUT2D eigenvalue weighted by atomic mass is 10.1. The summed E-state index contributed by atoms with van der Waals surface area (Å²) < 4.78 is 0.898. The van der Waals surface area contributed by atoms with Crippen molar-refractivity contribution in [3.8, 4) is 0 Å². The zero-order valence-electron chi connectivity index (χ0n) is 14.6. The fourth-order valence-corrected chi connectivity index (χ4v) is 3.74. The number of hydrogen-bond acceptors (Lipinski definition) is 3. The molecule has 1 atom stereocenters. The minimum Gasteiger partial charge on any atom is -0.363 e. The molecule has 0 saturated carbocycles. The van der Waals surface area contributed by atoms with Gasteiger partial charge in [-0.3, -0.25) is 4.79 Å². The van der Waals surface area contributed by atoms with Crippen LogP contribution in [0.2, 0.25) is 0 Å². The van der Waals surface area contributed by atoms with Gasteiger partial charge >= 0.3 is 0 Å². The molecule has 2 heterocycles. The first kappa shape index (κ1) is 19.5. The maximum atomic E-state index is 12.8. The van der Waals surface area contributed by atoms with Crippen molar-refractivity contribution in [2.24, 2.45) is 0 Å². The minimum absolute atomic E-state index is 0. The summed E-state index contributed by atoms with van der Waals surface area (Å²) >= 11 is 3.48. The Labute approximate surface area is 172 Å². The number of nitrogens with one attached hydrogen (secondary N) is 2. The van der Waals surface area contributed by atoms with E-state index in [1.54, 1.807) is 6.33 Å². The van der Waals surface area contributed by atoms with E-state index in [9.17, 15) is 4.79 Å². The molecular weight excluding hydrogens is 428 g/mol. The van der Waals surface area contributed by atoms with Gasteiger partial charge in [-0.1, -0.05) is 46.3 Å². The fourth-order valence-electron chi connectivity index (χ4n) is 3.38. The van der Waals surface area contributed by atoms with Crippen LogP contribution in [0.25, 0.3) is 0 Å². The Balaban J connectivity index is 0.00000210. The molecule has 0 aliphatic carbocycles. The highest BCUT2D eigenvalue weighted by Gasteiger charge is 2.27. The van der Waals surface area contributed by atoms with Crippen LogP contribution in [0.4, 0.5) is 5.69 Å². The van der Waals surface area contributed by atoms with E-state index in [4.69, 9.17) is 0 Å². The van der Waals surface area contributed by atoms with E-state index in [1.807, 2.05) is 42.6 Å². The normalized spacial score (nSPS) is 16.1. The number of carbonyl (C=O) groups is 1. The van der Waals surface area contributed by atoms with Crippen LogP contribution in [0, 0.1) is 0 Å². The Bertz CT molecular complexity index is 902. The number of aromatic nitrogens is 2. The summed E-state index contributed by atoms with van der Waals surface area (Å²) in [5.74, 6) is -0.0330. The van der Waals surface area contributed by atoms with E-state index in [1.165, 1.54) is 5.56 Å². The van der Waals surface area contributed by atoms with Crippen LogP contribution in [0.15, 0.2) is 65.5 Å². The molecule has 0 fully saturated rings. The summed E-state index contributed by atoms with van der Waals surface area (Å²) in [6.07, 6.45) is 4.30. The first-order chi connectivity index (χ1) is 12.7. The van der Waals surface area contributed by atoms with Crippen molar-refractivity contribution < 1.29 is 4.79 Å². The first-order valence-electron chi connectivity index (χ1n) is 8.55. The molecule has 2 aromatic carbocycles. The van der Waals surface area contributed by atoms with Crippen molar-refractivity contribution in [3.63, 3.8) is 0 Å². The van der Waals surface area contributed by atoms with Crippen molar-refractivity contribution in [2.45, 2.75) is 19.0 Å². The first-order valence-corrected chi connectivity index (χ1v) is 9.35. The molecule has 0 radical (unpaired) electrons. The molecule has 2 N–H and O–H groups in total. The number of imidazole rings is 1. The standard InChI is InChI=1S/C20H19BrN4O.ClH/c21-15-6-7-19-18(9-15)20(26)24-16(8-14-4-2-1-3-5-14)11-25(19)12-17-10-22-13-23-17;/h1-7,9-10,13,16H,8,11-12H2,(H,22,23)(H,24,26);1H. The molecule has 0 saturated heterocycles. The van der Waals surface area contributed by atoms with Gasteiger partial charge in [0, 0.05) is 17.2 Å². The van der Waals surface area contributed by atoms with E-state index in [0.717, 1.165) is 28.8 Å². The number of nitrogens with zero attached hydrogens (tertiary/aromatic N) is 2. The Kier molecular flexibility index (Phi) is 6.19. The Morgan fingerprint density at radius 2 is 2.00 bits per heavy atom. The van der Waals surface area contributed by atoms with E-state index < -0.39 is 0 Å². The van der Waals surface area contributed by atoms with Gasteiger partial charge in [-0.2, -0.15) is 0 Å². The zero-order valence-corrected chi connectivity index (χ0v) is 17.0. The van der Waals surface area contributed by atoms with Crippen LogP contribution in [-0.4, -0.2) is 28.5 Å². The molecule has 4 rings (SSSR count). The van der Waals surface area contributed by atoms with Gasteiger partial charge in [0.05, 0.1) is 35.9 Å². The van der Waals surface area contributed by atoms with Crippen LogP contribution >= 0.6 is 28.3 Å². The Hall–Kier alpha value is -2.31. The number of amides is 1. The summed E-state index contributed by atoms with van der Waals surface area (Å²) in [7, 11) is 0. The largest absolute Gasteiger partial charge is 0.363 e. The number of hydrogen-bond donors (Lipinski definition) is 2. The number of carbonyl (C=O) groups excluding carboxylic acids is 1. The quantitative estimate of drug-likeness (QED) is 0.636. The lowest BCUT2D eigenvalue weighted by molar-refractivity contribution is 0.0942. The van der Waals surface area contributed by atoms with Crippen LogP contribution in [-0.2, 0) is 13.0 Å². The molecule has 0 spiro atoms. The van der Waals surface area contributed by atoms with Gasteiger partial charge in [-0.25, -0.2) is 4.98 Å². The van der Waals surface area contributed by atoms with Gasteiger partial charge in [0.1, 0.15) is 0 Å². The van der Waals surface area contributed by atoms with Crippen LogP contribution in [0.5, 0.6) is 0 Å². The molecule has 27 heavy (non-hydrogen) atoms. The highest BCUT2D eigenvalue weighted by molar-refractivity contribution is 9.10. The predicted octanol–water partition coefficient (Wildman–Crippen LogP) is 3.96. The second-order valence-corrected chi connectivity index (χ2v) is 7.39. The summed E-state index contributed by atoms with van der Waals surface area (Å²) in [5, 5.41) is 3.19. The number of H-pyrrole nitrogens is 1. The lowest BCUT2D eigenvalue weighted by Crippen LogP contribution is -2.41. The fraction of sp³-hybridized carbons (Fsp3) is 0.200. The topological polar surface area (TPSA) is 61.0 Å². The van der Waals surface area contributed by atoms with Gasteiger partial charge in [-0.05, 0) is 30.2 Å². The molecule has 1 aromatic heterocycles. The maximum Gasteiger partial charge on any atom is 0.253 e. The molecule has 5 nitrogen and oxygen atoms in total. The van der Waals surface area contributed by atoms with Gasteiger partial charge in [-0.15, -0.1) is 12.4 Å². The molecule has 1 aliphatic heterocycles. The van der Waals surface area contributed by atoms with Crippen molar-refractivity contribution in [2.75, 3.05) is 11.4 Å². The molecule has 7 heteroatoms. The monoisotopic (exact) mass is 446 g/mol. The van der Waals surface area contributed by atoms with Gasteiger partial charge in [0.15, 0.2) is 0 Å². The number of rotatable bonds is 4. The third kappa shape index (κ3) is 4.51. The SMILES string of the molecule is Cl.O=C1NC(Cc2ccccc2)CN(Cc2cnc[nH]2)c2ccc(Br)cc21. The molecular formula is C20H20BrClN4O. The maximum absolute atomic E-state index is 12.8. The van der Waals surface area contributed by atoms with Crippen molar-refractivity contribution in [1.29, 1.82) is 0 Å². The third-order valence-corrected chi connectivity index (χ3v) is 5.05. The average molecular weight is 448 g/mol. The zero-order chi connectivity index (χ0) is 17.9. The van der Waals surface area contributed by atoms with E-state index in [-0.39, 0.29) is 24.4 Å². The number of benzene rings is 2. The summed E-state index contributed by atoms with van der Waals surface area (Å²) in [5.41, 5.74) is 3.86. The molecule has 1 amide bonds. The molecule has 1 unspecified atom stereocenters. The van der Waals surface area contributed by atoms with Gasteiger partial charge in [0.2, 0.25) is 0 Å². The van der Waals surface area contributed by atoms with Crippen LogP contribution in [0.3, 0.4) is 0 Å². The number of halogens is 2. The lowest BCUT2D eigenvalue weighted by Gasteiger charge is -2.27. The summed E-state index contributed by atoms with van der Waals surface area (Å²) in [6.45, 7) is 1.41. The van der Waals surface area contributed by atoms with E-state index >= 15 is 0 Å². The number of anilines is 1. The molecule has 0 bridgehead atoms. The van der Waals surface area contributed by atoms with Crippen molar-refractivity contribution in [3.05, 3.63) is 82.3 Å². The molecule has 3 aromatic rings. The van der Waals surface area contributed by atoms with Crippen LogP contribution in [0.1, 0.15) is 21.6 Å². The third-order valence-electron chi connectivity index (χ3n) is 4.56. The van der Waals surface area contributed by atoms with Crippen LogP contribution < -0.4 is 10.2 Å². The minimum atomic E-state index is -0.0330. The number of aromatic amines is 1. The second-order valence-electron chi connectivity index (χ2n) is 6.48. The smallest absolute Gasteiger partial charge is 0.253 e. The highest BCUT2D eigenvalue weighted by atomic mass is 79.9. The summed E-state index contributed by atoms with van der Waals surface area (Å²) in [4.78, 5) is 22.3. The molecule has 140 valence electrons.